The van der Waals surface area contributed by atoms with Gasteiger partial charge in [-0.15, -0.1) is 0 Å². The van der Waals surface area contributed by atoms with Crippen molar-refractivity contribution in [1.29, 1.82) is 0 Å². The Labute approximate surface area is 118 Å². The number of carbonyl (C=O) groups is 1. The Balaban J connectivity index is 2.00. The summed E-state index contributed by atoms with van der Waals surface area (Å²) >= 11 is 0. The predicted octanol–water partition coefficient (Wildman–Crippen LogP) is 2.59. The fourth-order valence-corrected chi connectivity index (χ4v) is 2.96. The molecule has 4 heteroatoms. The van der Waals surface area contributed by atoms with Crippen molar-refractivity contribution >= 4 is 5.78 Å². The van der Waals surface area contributed by atoms with E-state index in [1.807, 2.05) is 36.4 Å². The molecule has 1 aliphatic heterocycles. The van der Waals surface area contributed by atoms with Gasteiger partial charge in [-0.05, 0) is 44.0 Å². The van der Waals surface area contributed by atoms with Gasteiger partial charge >= 0.3 is 0 Å². The zero-order valence-electron chi connectivity index (χ0n) is 11.7. The standard InChI is InChI=1S/C16H19N3O/c1-2-16(10-6-11-17-16)15(20)14-9-12-18-19(14)13-7-4-3-5-8-13/h3-5,7-9,12,17H,2,6,10-11H2,1H3. The van der Waals surface area contributed by atoms with Gasteiger partial charge < -0.3 is 5.32 Å². The summed E-state index contributed by atoms with van der Waals surface area (Å²) in [5, 5.41) is 7.71. The Morgan fingerprint density at radius 2 is 2.15 bits per heavy atom. The fraction of sp³-hybridized carbons (Fsp3) is 0.375. The topological polar surface area (TPSA) is 46.9 Å². The third-order valence-electron chi connectivity index (χ3n) is 4.16. The molecule has 1 unspecified atom stereocenters. The summed E-state index contributed by atoms with van der Waals surface area (Å²) in [4.78, 5) is 12.9. The van der Waals surface area contributed by atoms with Crippen LogP contribution < -0.4 is 5.32 Å². The molecule has 1 fully saturated rings. The van der Waals surface area contributed by atoms with Crippen LogP contribution in [-0.4, -0.2) is 27.6 Å². The highest BCUT2D eigenvalue weighted by molar-refractivity contribution is 6.02. The lowest BCUT2D eigenvalue weighted by atomic mass is 9.87. The SMILES string of the molecule is CCC1(C(=O)c2ccnn2-c2ccccc2)CCCN1. The predicted molar refractivity (Wildman–Crippen MR) is 78.2 cm³/mol. The molecular formula is C16H19N3O. The average molecular weight is 269 g/mol. The van der Waals surface area contributed by atoms with Crippen molar-refractivity contribution in [3.8, 4) is 5.69 Å². The normalized spacial score (nSPS) is 22.1. The first-order valence-corrected chi connectivity index (χ1v) is 7.16. The van der Waals surface area contributed by atoms with Crippen molar-refractivity contribution in [2.75, 3.05) is 6.54 Å². The van der Waals surface area contributed by atoms with E-state index in [1.165, 1.54) is 0 Å². The van der Waals surface area contributed by atoms with Crippen molar-refractivity contribution in [2.45, 2.75) is 31.7 Å². The molecule has 0 spiro atoms. The van der Waals surface area contributed by atoms with Crippen molar-refractivity contribution in [2.24, 2.45) is 0 Å². The Morgan fingerprint density at radius 3 is 2.80 bits per heavy atom. The number of rotatable bonds is 4. The van der Waals surface area contributed by atoms with Gasteiger partial charge in [-0.2, -0.15) is 5.10 Å². The van der Waals surface area contributed by atoms with Gasteiger partial charge in [-0.1, -0.05) is 25.1 Å². The second-order valence-electron chi connectivity index (χ2n) is 5.26. The number of hydrogen-bond acceptors (Lipinski definition) is 3. The lowest BCUT2D eigenvalue weighted by Crippen LogP contribution is -2.47. The molecule has 20 heavy (non-hydrogen) atoms. The molecule has 2 heterocycles. The largest absolute Gasteiger partial charge is 0.305 e. The summed E-state index contributed by atoms with van der Waals surface area (Å²) in [6.45, 7) is 2.98. The number of nitrogens with one attached hydrogen (secondary N) is 1. The van der Waals surface area contributed by atoms with Crippen LogP contribution in [0.5, 0.6) is 0 Å². The lowest BCUT2D eigenvalue weighted by Gasteiger charge is -2.26. The molecule has 2 aromatic rings. The number of ketones is 1. The first kappa shape index (κ1) is 13.1. The van der Waals surface area contributed by atoms with Crippen molar-refractivity contribution < 1.29 is 4.79 Å². The van der Waals surface area contributed by atoms with Gasteiger partial charge in [-0.3, -0.25) is 4.79 Å². The first-order valence-electron chi connectivity index (χ1n) is 7.16. The molecule has 0 radical (unpaired) electrons. The van der Waals surface area contributed by atoms with E-state index in [9.17, 15) is 4.79 Å². The van der Waals surface area contributed by atoms with Gasteiger partial charge in [0, 0.05) is 0 Å². The molecule has 1 aromatic carbocycles. The molecule has 1 atom stereocenters. The van der Waals surface area contributed by atoms with Crippen LogP contribution in [0, 0.1) is 0 Å². The lowest BCUT2D eigenvalue weighted by molar-refractivity contribution is 0.0855. The van der Waals surface area contributed by atoms with E-state index in [4.69, 9.17) is 0 Å². The van der Waals surface area contributed by atoms with E-state index < -0.39 is 5.54 Å². The van der Waals surface area contributed by atoms with Crippen molar-refractivity contribution in [3.63, 3.8) is 0 Å². The van der Waals surface area contributed by atoms with Crippen LogP contribution in [0.1, 0.15) is 36.7 Å². The van der Waals surface area contributed by atoms with Crippen LogP contribution in [0.25, 0.3) is 5.69 Å². The summed E-state index contributed by atoms with van der Waals surface area (Å²) in [7, 11) is 0. The van der Waals surface area contributed by atoms with E-state index in [0.29, 0.717) is 5.69 Å². The molecule has 0 amide bonds. The zero-order chi connectivity index (χ0) is 14.0. The number of Topliss-reactive ketones (excluding diaryl/α,β-unsaturated/α-hetero) is 1. The number of nitrogens with zero attached hydrogens (tertiary/aromatic N) is 2. The second-order valence-corrected chi connectivity index (χ2v) is 5.26. The van der Waals surface area contributed by atoms with Gasteiger partial charge in [-0.25, -0.2) is 4.68 Å². The van der Waals surface area contributed by atoms with Crippen LogP contribution in [0.3, 0.4) is 0 Å². The maximum absolute atomic E-state index is 12.9. The highest BCUT2D eigenvalue weighted by atomic mass is 16.1. The van der Waals surface area contributed by atoms with Crippen LogP contribution in [0.4, 0.5) is 0 Å². The van der Waals surface area contributed by atoms with Gasteiger partial charge in [0.1, 0.15) is 5.69 Å². The summed E-state index contributed by atoms with van der Waals surface area (Å²) in [6, 6.07) is 11.6. The third kappa shape index (κ3) is 2.06. The molecule has 0 bridgehead atoms. The number of para-hydroxylation sites is 1. The molecule has 1 saturated heterocycles. The molecule has 1 aromatic heterocycles. The molecule has 4 nitrogen and oxygen atoms in total. The summed E-state index contributed by atoms with van der Waals surface area (Å²) in [5.74, 6) is 0.152. The van der Waals surface area contributed by atoms with Crippen LogP contribution >= 0.6 is 0 Å². The Hall–Kier alpha value is -1.94. The van der Waals surface area contributed by atoms with Crippen LogP contribution in [0.2, 0.25) is 0 Å². The van der Waals surface area contributed by atoms with E-state index in [0.717, 1.165) is 31.5 Å². The van der Waals surface area contributed by atoms with Gasteiger partial charge in [0.2, 0.25) is 5.78 Å². The Morgan fingerprint density at radius 1 is 1.35 bits per heavy atom. The molecule has 3 rings (SSSR count). The minimum Gasteiger partial charge on any atom is -0.305 e. The zero-order valence-corrected chi connectivity index (χ0v) is 11.7. The smallest absolute Gasteiger partial charge is 0.201 e. The van der Waals surface area contributed by atoms with E-state index in [1.54, 1.807) is 10.9 Å². The summed E-state index contributed by atoms with van der Waals surface area (Å²) < 4.78 is 1.74. The molecule has 0 saturated carbocycles. The Kier molecular flexibility index (Phi) is 3.40. The number of hydrogen-bond donors (Lipinski definition) is 1. The van der Waals surface area contributed by atoms with Crippen LogP contribution in [-0.2, 0) is 0 Å². The average Bonchev–Trinajstić information content (AvgIpc) is 3.17. The maximum atomic E-state index is 12.9. The van der Waals surface area contributed by atoms with Crippen molar-refractivity contribution in [1.82, 2.24) is 15.1 Å². The second kappa shape index (κ2) is 5.21. The Bertz CT molecular complexity index is 597. The molecule has 1 N–H and O–H groups in total. The number of carbonyl (C=O) groups excluding carboxylic acids is 1. The quantitative estimate of drug-likeness (QED) is 0.868. The summed E-state index contributed by atoms with van der Waals surface area (Å²) in [6.07, 6.45) is 4.46. The van der Waals surface area contributed by atoms with E-state index in [2.05, 4.69) is 17.3 Å². The highest BCUT2D eigenvalue weighted by Gasteiger charge is 2.40. The molecular weight excluding hydrogens is 250 g/mol. The van der Waals surface area contributed by atoms with E-state index in [-0.39, 0.29) is 5.78 Å². The van der Waals surface area contributed by atoms with Gasteiger partial charge in [0.25, 0.3) is 0 Å². The highest BCUT2D eigenvalue weighted by Crippen LogP contribution is 2.28. The fourth-order valence-electron chi connectivity index (χ4n) is 2.96. The number of aromatic nitrogens is 2. The minimum atomic E-state index is -0.410. The van der Waals surface area contributed by atoms with Gasteiger partial charge in [0.15, 0.2) is 0 Å². The van der Waals surface area contributed by atoms with E-state index >= 15 is 0 Å². The monoisotopic (exact) mass is 269 g/mol. The third-order valence-corrected chi connectivity index (χ3v) is 4.16. The minimum absolute atomic E-state index is 0.152. The first-order chi connectivity index (χ1) is 9.77. The summed E-state index contributed by atoms with van der Waals surface area (Å²) in [5.41, 5.74) is 1.17. The molecule has 0 aliphatic carbocycles. The van der Waals surface area contributed by atoms with Crippen LogP contribution in [0.15, 0.2) is 42.6 Å². The maximum Gasteiger partial charge on any atom is 0.201 e. The van der Waals surface area contributed by atoms with Crippen molar-refractivity contribution in [3.05, 3.63) is 48.3 Å². The van der Waals surface area contributed by atoms with Gasteiger partial charge in [0.05, 0.1) is 17.4 Å². The molecule has 1 aliphatic rings. The number of benzene rings is 1. The molecule has 104 valence electrons.